The molecule has 1 aliphatic rings. The Hall–Kier alpha value is 0.506. The zero-order valence-corrected chi connectivity index (χ0v) is 7.52. The summed E-state index contributed by atoms with van der Waals surface area (Å²) in [6, 6.07) is 0. The first-order valence-electron chi connectivity index (χ1n) is 3.22. The third kappa shape index (κ3) is 8.51. The molecule has 0 amide bonds. The van der Waals surface area contributed by atoms with Crippen molar-refractivity contribution in [2.45, 2.75) is 32.1 Å². The van der Waals surface area contributed by atoms with E-state index in [0.717, 1.165) is 0 Å². The Balaban J connectivity index is 0. The van der Waals surface area contributed by atoms with Gasteiger partial charge in [-0.05, 0) is 0 Å². The molecule has 0 aromatic rings. The normalized spacial score (nSPS) is 16.4. The molecule has 1 heteroatoms. The molecule has 0 N–H and O–H groups in total. The third-order valence-corrected chi connectivity index (χ3v) is 1.32. The van der Waals surface area contributed by atoms with Crippen molar-refractivity contribution in [1.29, 1.82) is 0 Å². The summed E-state index contributed by atoms with van der Waals surface area (Å²) in [7, 11) is 0. The van der Waals surface area contributed by atoms with Crippen molar-refractivity contribution in [2.75, 3.05) is 0 Å². The summed E-state index contributed by atoms with van der Waals surface area (Å²) in [5, 5.41) is 0. The molecule has 0 bridgehead atoms. The van der Waals surface area contributed by atoms with E-state index in [1.165, 1.54) is 32.1 Å². The Bertz CT molecular complexity index is 28.3. The second-order valence-corrected chi connectivity index (χ2v) is 1.93. The van der Waals surface area contributed by atoms with Crippen molar-refractivity contribution < 1.29 is 0 Å². The van der Waals surface area contributed by atoms with Crippen LogP contribution in [-0.4, -0.2) is 23.1 Å². The average Bonchev–Trinajstić information content (AvgIpc) is 1.96. The van der Waals surface area contributed by atoms with Crippen LogP contribution in [0, 0.1) is 13.0 Å². The van der Waals surface area contributed by atoms with E-state index in [-0.39, 0.29) is 23.1 Å². The summed E-state index contributed by atoms with van der Waals surface area (Å²) < 4.78 is 0. The van der Waals surface area contributed by atoms with Crippen molar-refractivity contribution >= 4 is 23.1 Å². The first kappa shape index (κ1) is 12.2. The average molecular weight is 135 g/mol. The summed E-state index contributed by atoms with van der Waals surface area (Å²) >= 11 is 0. The standard InChI is InChI=1S/C6H11.C2H3.Mg/c1-2-4-6-5-3-1;1-2;/h1H,2-6H2;1H,2H2;/q2*-1;+2. The topological polar surface area (TPSA) is 0 Å². The Labute approximate surface area is 74.9 Å². The van der Waals surface area contributed by atoms with Gasteiger partial charge < -0.3 is 13.0 Å². The van der Waals surface area contributed by atoms with Gasteiger partial charge in [0.25, 0.3) is 0 Å². The zero-order valence-electron chi connectivity index (χ0n) is 6.10. The van der Waals surface area contributed by atoms with E-state index in [1.54, 1.807) is 0 Å². The van der Waals surface area contributed by atoms with Gasteiger partial charge in [0, 0.05) is 0 Å². The van der Waals surface area contributed by atoms with E-state index in [4.69, 9.17) is 0 Å². The second-order valence-electron chi connectivity index (χ2n) is 1.93. The SMILES string of the molecule is [CH-]1CCCCC1.[CH-]=C.[Mg+2]. The van der Waals surface area contributed by atoms with Gasteiger partial charge in [-0.2, -0.15) is 12.8 Å². The molecule has 1 rings (SSSR count). The molecule has 0 heterocycles. The second kappa shape index (κ2) is 11.3. The minimum absolute atomic E-state index is 0. The minimum Gasteiger partial charge on any atom is -0.521 e. The molecule has 0 spiro atoms. The smallest absolute Gasteiger partial charge is 0.521 e. The van der Waals surface area contributed by atoms with Gasteiger partial charge in [0.2, 0.25) is 0 Å². The Morgan fingerprint density at radius 1 is 1.00 bits per heavy atom. The molecule has 1 fully saturated rings. The fraction of sp³-hybridized carbons (Fsp3) is 0.625. The van der Waals surface area contributed by atoms with E-state index in [1.807, 2.05) is 0 Å². The number of rotatable bonds is 0. The molecule has 0 nitrogen and oxygen atoms in total. The van der Waals surface area contributed by atoms with Crippen molar-refractivity contribution in [3.05, 3.63) is 19.6 Å². The zero-order chi connectivity index (χ0) is 6.24. The Morgan fingerprint density at radius 2 is 1.44 bits per heavy atom. The summed E-state index contributed by atoms with van der Waals surface area (Å²) in [6.07, 6.45) is 9.50. The summed E-state index contributed by atoms with van der Waals surface area (Å²) in [6.45, 7) is 7.00. The quantitative estimate of drug-likeness (QED) is 0.353. The van der Waals surface area contributed by atoms with Crippen LogP contribution in [0.2, 0.25) is 0 Å². The van der Waals surface area contributed by atoms with Crippen LogP contribution in [0.15, 0.2) is 6.58 Å². The molecule has 0 aromatic carbocycles. The first-order chi connectivity index (χ1) is 4.00. The van der Waals surface area contributed by atoms with E-state index < -0.39 is 0 Å². The maximum Gasteiger partial charge on any atom is 2.00 e. The largest absolute Gasteiger partial charge is 2.00 e. The van der Waals surface area contributed by atoms with Crippen LogP contribution >= 0.6 is 0 Å². The van der Waals surface area contributed by atoms with Crippen molar-refractivity contribution in [1.82, 2.24) is 0 Å². The van der Waals surface area contributed by atoms with Gasteiger partial charge in [-0.3, -0.25) is 6.58 Å². The Morgan fingerprint density at radius 3 is 1.56 bits per heavy atom. The van der Waals surface area contributed by atoms with Gasteiger partial charge >= 0.3 is 23.1 Å². The molecule has 9 heavy (non-hydrogen) atoms. The molecule has 0 saturated heterocycles. The fourth-order valence-corrected chi connectivity index (χ4v) is 0.898. The summed E-state index contributed by atoms with van der Waals surface area (Å²) in [5.74, 6) is 0. The maximum absolute atomic E-state index is 4.25. The van der Waals surface area contributed by atoms with E-state index in [0.29, 0.717) is 0 Å². The molecule has 0 aromatic heterocycles. The predicted molar refractivity (Wildman–Crippen MR) is 43.1 cm³/mol. The monoisotopic (exact) mass is 134 g/mol. The van der Waals surface area contributed by atoms with Crippen LogP contribution in [0.4, 0.5) is 0 Å². The fourth-order valence-electron chi connectivity index (χ4n) is 0.898. The van der Waals surface area contributed by atoms with Crippen LogP contribution in [-0.2, 0) is 0 Å². The molecule has 0 atom stereocenters. The van der Waals surface area contributed by atoms with Crippen LogP contribution in [0.25, 0.3) is 0 Å². The third-order valence-electron chi connectivity index (χ3n) is 1.32. The van der Waals surface area contributed by atoms with Crippen molar-refractivity contribution in [2.24, 2.45) is 0 Å². The Kier molecular flexibility index (Phi) is 15.4. The van der Waals surface area contributed by atoms with Gasteiger partial charge in [0.15, 0.2) is 0 Å². The molecule has 0 radical (unpaired) electrons. The van der Waals surface area contributed by atoms with Crippen LogP contribution < -0.4 is 0 Å². The van der Waals surface area contributed by atoms with E-state index in [2.05, 4.69) is 19.6 Å². The van der Waals surface area contributed by atoms with Crippen LogP contribution in [0.5, 0.6) is 0 Å². The minimum atomic E-state index is 0. The van der Waals surface area contributed by atoms with Crippen LogP contribution in [0.1, 0.15) is 32.1 Å². The molecular formula is C8H14Mg. The number of hydrogen-bond donors (Lipinski definition) is 0. The van der Waals surface area contributed by atoms with Gasteiger partial charge in [-0.1, -0.05) is 19.3 Å². The molecule has 0 aliphatic heterocycles. The predicted octanol–water partition coefficient (Wildman–Crippen LogP) is 2.38. The molecule has 1 aliphatic carbocycles. The summed E-state index contributed by atoms with van der Waals surface area (Å²) in [4.78, 5) is 0. The first-order valence-corrected chi connectivity index (χ1v) is 3.22. The molecular weight excluding hydrogens is 120 g/mol. The van der Waals surface area contributed by atoms with Gasteiger partial charge in [0.05, 0.1) is 0 Å². The van der Waals surface area contributed by atoms with Crippen molar-refractivity contribution in [3.63, 3.8) is 0 Å². The maximum atomic E-state index is 4.25. The van der Waals surface area contributed by atoms with Crippen LogP contribution in [0.3, 0.4) is 0 Å². The van der Waals surface area contributed by atoms with E-state index in [9.17, 15) is 0 Å². The summed E-state index contributed by atoms with van der Waals surface area (Å²) in [5.41, 5.74) is 0. The molecule has 0 unspecified atom stereocenters. The van der Waals surface area contributed by atoms with Crippen molar-refractivity contribution in [3.8, 4) is 0 Å². The van der Waals surface area contributed by atoms with Gasteiger partial charge in [-0.15, -0.1) is 0 Å². The number of hydrogen-bond acceptors (Lipinski definition) is 0. The molecule has 1 saturated carbocycles. The molecule has 48 valence electrons. The van der Waals surface area contributed by atoms with E-state index >= 15 is 0 Å². The van der Waals surface area contributed by atoms with Gasteiger partial charge in [-0.25, -0.2) is 0 Å². The van der Waals surface area contributed by atoms with Gasteiger partial charge in [0.1, 0.15) is 0 Å².